The zero-order chi connectivity index (χ0) is 21.9. The van der Waals surface area contributed by atoms with Crippen LogP contribution in [-0.4, -0.2) is 45.4 Å². The number of methoxy groups -OCH3 is 1. The van der Waals surface area contributed by atoms with E-state index in [1.54, 1.807) is 13.0 Å². The summed E-state index contributed by atoms with van der Waals surface area (Å²) in [5.74, 6) is 3.97. The first-order valence-corrected chi connectivity index (χ1v) is 9.28. The molecule has 1 atom stereocenters. The molecule has 154 valence electrons. The Morgan fingerprint density at radius 1 is 1.40 bits per heavy atom. The molecule has 10 heteroatoms. The largest absolute Gasteiger partial charge is 0.464 e. The molecule has 0 fully saturated rings. The fraction of sp³-hybridized carbons (Fsp3) is 0.200. The zero-order valence-electron chi connectivity index (χ0n) is 15.8. The third-order valence-corrected chi connectivity index (χ3v) is 4.55. The Morgan fingerprint density at radius 3 is 2.83 bits per heavy atom. The summed E-state index contributed by atoms with van der Waals surface area (Å²) in [5.41, 5.74) is -0.932. The molecule has 0 saturated carbocycles. The Kier molecular flexibility index (Phi) is 6.26. The fourth-order valence-electron chi connectivity index (χ4n) is 2.68. The standard InChI is InChI=1S/C20H15BrFN3O5/c1-20(30-11-29-2,12-4-3-5-13(22)8-12)7-6-15(26)14-10-25(19(27)28)18-17(14)24-16(21)9-23-18/h3-5,8-10H,11H2,1-2H3,(H,27,28). The van der Waals surface area contributed by atoms with Crippen molar-refractivity contribution in [1.29, 1.82) is 0 Å². The van der Waals surface area contributed by atoms with Crippen molar-refractivity contribution in [1.82, 2.24) is 14.5 Å². The van der Waals surface area contributed by atoms with Crippen LogP contribution in [0.5, 0.6) is 0 Å². The molecule has 8 nitrogen and oxygen atoms in total. The van der Waals surface area contributed by atoms with Gasteiger partial charge < -0.3 is 14.6 Å². The van der Waals surface area contributed by atoms with Crippen LogP contribution in [0.25, 0.3) is 11.2 Å². The van der Waals surface area contributed by atoms with Crippen LogP contribution in [0.4, 0.5) is 9.18 Å². The number of benzene rings is 1. The summed E-state index contributed by atoms with van der Waals surface area (Å²) in [6.07, 6.45) is 1.10. The Bertz CT molecular complexity index is 1200. The van der Waals surface area contributed by atoms with E-state index in [0.29, 0.717) is 10.2 Å². The zero-order valence-corrected chi connectivity index (χ0v) is 17.4. The minimum Gasteiger partial charge on any atom is -0.464 e. The molecule has 1 N–H and O–H groups in total. The summed E-state index contributed by atoms with van der Waals surface area (Å²) in [7, 11) is 1.42. The first-order chi connectivity index (χ1) is 14.2. The summed E-state index contributed by atoms with van der Waals surface area (Å²) in [6, 6.07) is 5.62. The number of carbonyl (C=O) groups is 2. The highest BCUT2D eigenvalue weighted by molar-refractivity contribution is 9.10. The first-order valence-electron chi connectivity index (χ1n) is 8.48. The van der Waals surface area contributed by atoms with Crippen LogP contribution in [0.15, 0.2) is 41.3 Å². The Hall–Kier alpha value is -3.13. The molecular weight excluding hydrogens is 461 g/mol. The van der Waals surface area contributed by atoms with Crippen molar-refractivity contribution in [2.24, 2.45) is 0 Å². The topological polar surface area (TPSA) is 104 Å². The van der Waals surface area contributed by atoms with Gasteiger partial charge in [-0.2, -0.15) is 0 Å². The van der Waals surface area contributed by atoms with Gasteiger partial charge in [0.2, 0.25) is 5.78 Å². The second-order valence-corrected chi connectivity index (χ2v) is 7.05. The smallest absolute Gasteiger partial charge is 0.417 e. The van der Waals surface area contributed by atoms with Gasteiger partial charge in [-0.15, -0.1) is 0 Å². The number of nitrogens with zero attached hydrogens (tertiary/aromatic N) is 3. The van der Waals surface area contributed by atoms with Crippen molar-refractivity contribution in [3.05, 3.63) is 58.2 Å². The summed E-state index contributed by atoms with van der Waals surface area (Å²) >= 11 is 3.15. The van der Waals surface area contributed by atoms with Gasteiger partial charge >= 0.3 is 6.09 Å². The molecule has 3 rings (SSSR count). The minimum absolute atomic E-state index is 0.000579. The summed E-state index contributed by atoms with van der Waals surface area (Å²) in [5, 5.41) is 9.34. The highest BCUT2D eigenvalue weighted by atomic mass is 79.9. The third kappa shape index (κ3) is 4.38. The molecule has 0 saturated heterocycles. The van der Waals surface area contributed by atoms with Crippen molar-refractivity contribution in [3.8, 4) is 11.8 Å². The van der Waals surface area contributed by atoms with E-state index in [2.05, 4.69) is 37.7 Å². The molecule has 0 bridgehead atoms. The Labute approximate surface area is 178 Å². The number of ether oxygens (including phenoxy) is 2. The third-order valence-electron chi connectivity index (χ3n) is 4.17. The van der Waals surface area contributed by atoms with Crippen LogP contribution < -0.4 is 0 Å². The number of fused-ring (bicyclic) bond motifs is 1. The summed E-state index contributed by atoms with van der Waals surface area (Å²) in [4.78, 5) is 32.4. The van der Waals surface area contributed by atoms with E-state index < -0.39 is 23.3 Å². The van der Waals surface area contributed by atoms with Crippen LogP contribution in [0.3, 0.4) is 0 Å². The quantitative estimate of drug-likeness (QED) is 0.260. The highest BCUT2D eigenvalue weighted by Crippen LogP contribution is 2.26. The van der Waals surface area contributed by atoms with Crippen molar-refractivity contribution < 1.29 is 28.6 Å². The predicted molar refractivity (Wildman–Crippen MR) is 107 cm³/mol. The molecule has 0 aliphatic heterocycles. The van der Waals surface area contributed by atoms with Gasteiger partial charge in [0.05, 0.1) is 11.8 Å². The highest BCUT2D eigenvalue weighted by Gasteiger charge is 2.27. The van der Waals surface area contributed by atoms with Crippen LogP contribution in [0, 0.1) is 17.7 Å². The van der Waals surface area contributed by atoms with Gasteiger partial charge in [-0.1, -0.05) is 18.1 Å². The lowest BCUT2D eigenvalue weighted by molar-refractivity contribution is -0.0991. The number of hydrogen-bond donors (Lipinski definition) is 1. The van der Waals surface area contributed by atoms with Gasteiger partial charge in [0.1, 0.15) is 22.7 Å². The summed E-state index contributed by atoms with van der Waals surface area (Å²) < 4.78 is 25.3. The van der Waals surface area contributed by atoms with E-state index in [1.165, 1.54) is 31.5 Å². The van der Waals surface area contributed by atoms with Gasteiger partial charge in [0.15, 0.2) is 11.2 Å². The number of Topliss-reactive ketones (excluding diaryl/α,β-unsaturated/α-hetero) is 1. The SMILES string of the molecule is COCOC(C)(C#CC(=O)c1cn(C(=O)O)c2ncc(Br)nc12)c1cccc(F)c1. The van der Waals surface area contributed by atoms with E-state index in [-0.39, 0.29) is 23.5 Å². The molecular formula is C20H15BrFN3O5. The normalized spacial score (nSPS) is 12.8. The van der Waals surface area contributed by atoms with E-state index in [0.717, 1.165) is 10.8 Å². The number of ketones is 1. The number of halogens is 2. The van der Waals surface area contributed by atoms with E-state index >= 15 is 0 Å². The van der Waals surface area contributed by atoms with E-state index in [1.807, 2.05) is 0 Å². The lowest BCUT2D eigenvalue weighted by Gasteiger charge is -2.24. The van der Waals surface area contributed by atoms with E-state index in [9.17, 15) is 19.1 Å². The number of rotatable bonds is 5. The molecule has 2 aromatic heterocycles. The van der Waals surface area contributed by atoms with Crippen LogP contribution in [-0.2, 0) is 15.1 Å². The molecule has 0 spiro atoms. The molecule has 30 heavy (non-hydrogen) atoms. The van der Waals surface area contributed by atoms with Crippen molar-refractivity contribution in [3.63, 3.8) is 0 Å². The number of carboxylic acid groups (broad SMARTS) is 1. The molecule has 2 heterocycles. The molecule has 1 unspecified atom stereocenters. The predicted octanol–water partition coefficient (Wildman–Crippen LogP) is 3.58. The second-order valence-electron chi connectivity index (χ2n) is 6.23. The minimum atomic E-state index is -1.36. The molecule has 0 aliphatic rings. The van der Waals surface area contributed by atoms with Crippen LogP contribution >= 0.6 is 15.9 Å². The lowest BCUT2D eigenvalue weighted by Crippen LogP contribution is -2.25. The van der Waals surface area contributed by atoms with Crippen molar-refractivity contribution >= 4 is 39.0 Å². The van der Waals surface area contributed by atoms with Gasteiger partial charge in [0, 0.05) is 13.3 Å². The maximum absolute atomic E-state index is 13.7. The molecule has 0 aliphatic carbocycles. The maximum Gasteiger partial charge on any atom is 0.417 e. The average molecular weight is 476 g/mol. The molecule has 0 amide bonds. The monoisotopic (exact) mass is 475 g/mol. The molecule has 0 radical (unpaired) electrons. The number of aromatic nitrogens is 3. The number of carbonyl (C=O) groups excluding carboxylic acids is 1. The fourth-order valence-corrected chi connectivity index (χ4v) is 2.96. The average Bonchev–Trinajstić information content (AvgIpc) is 3.09. The summed E-state index contributed by atoms with van der Waals surface area (Å²) in [6.45, 7) is 1.42. The maximum atomic E-state index is 13.7. The second kappa shape index (κ2) is 8.71. The lowest BCUT2D eigenvalue weighted by atomic mass is 9.95. The Morgan fingerprint density at radius 2 is 2.17 bits per heavy atom. The van der Waals surface area contributed by atoms with Gasteiger partial charge in [-0.25, -0.2) is 23.7 Å². The van der Waals surface area contributed by atoms with Crippen molar-refractivity contribution in [2.75, 3.05) is 13.9 Å². The van der Waals surface area contributed by atoms with Crippen molar-refractivity contribution in [2.45, 2.75) is 12.5 Å². The van der Waals surface area contributed by atoms with Crippen LogP contribution in [0.2, 0.25) is 0 Å². The first kappa shape index (κ1) is 21.6. The Balaban J connectivity index is 2.06. The van der Waals surface area contributed by atoms with Gasteiger partial charge in [0.25, 0.3) is 0 Å². The van der Waals surface area contributed by atoms with E-state index in [4.69, 9.17) is 9.47 Å². The molecule has 1 aromatic carbocycles. The number of hydrogen-bond acceptors (Lipinski definition) is 6. The van der Waals surface area contributed by atoms with Gasteiger partial charge in [-0.05, 0) is 46.5 Å². The van der Waals surface area contributed by atoms with Crippen LogP contribution in [0.1, 0.15) is 22.8 Å². The van der Waals surface area contributed by atoms with Gasteiger partial charge in [-0.3, -0.25) is 4.79 Å². The molecule has 3 aromatic rings.